The van der Waals surface area contributed by atoms with Crippen LogP contribution in [0.2, 0.25) is 25.7 Å². The predicted molar refractivity (Wildman–Crippen MR) is 162 cm³/mol. The highest BCUT2D eigenvalue weighted by Crippen LogP contribution is 2.34. The molecule has 0 saturated carbocycles. The van der Waals surface area contributed by atoms with Crippen LogP contribution in [0.3, 0.4) is 0 Å². The third-order valence-corrected chi connectivity index (χ3v) is 8.30. The third-order valence-electron chi connectivity index (χ3n) is 6.60. The van der Waals surface area contributed by atoms with Crippen molar-refractivity contribution in [2.24, 2.45) is 5.92 Å². The van der Waals surface area contributed by atoms with E-state index in [9.17, 15) is 14.4 Å². The van der Waals surface area contributed by atoms with Gasteiger partial charge in [-0.1, -0.05) is 33.0 Å². The van der Waals surface area contributed by atoms with E-state index in [2.05, 4.69) is 35.6 Å². The molecule has 41 heavy (non-hydrogen) atoms. The molecule has 2 bridgehead atoms. The lowest BCUT2D eigenvalue weighted by Crippen LogP contribution is -2.35. The van der Waals surface area contributed by atoms with Crippen molar-refractivity contribution < 1.29 is 28.6 Å². The van der Waals surface area contributed by atoms with Crippen LogP contribution in [0.15, 0.2) is 24.4 Å². The molecule has 0 aliphatic carbocycles. The van der Waals surface area contributed by atoms with Gasteiger partial charge in [0.2, 0.25) is 5.91 Å². The minimum atomic E-state index is -1.29. The summed E-state index contributed by atoms with van der Waals surface area (Å²) < 4.78 is 18.2. The van der Waals surface area contributed by atoms with Gasteiger partial charge in [-0.3, -0.25) is 10.1 Å². The van der Waals surface area contributed by atoms with Gasteiger partial charge >= 0.3 is 12.2 Å². The molecule has 0 spiro atoms. The number of carbonyl (C=O) groups excluding carboxylic acids is 3. The molecular formula is C29H45N5O6Si. The summed E-state index contributed by atoms with van der Waals surface area (Å²) in [7, 11) is -0.00158. The first-order valence-corrected chi connectivity index (χ1v) is 17.8. The fraction of sp³-hybridized carbons (Fsp3) is 0.586. The molecule has 3 rings (SSSR count). The highest BCUT2D eigenvalue weighted by Gasteiger charge is 2.27. The average molecular weight is 588 g/mol. The molecule has 1 aromatic heterocycles. The minimum Gasteiger partial charge on any atom is -0.453 e. The summed E-state index contributed by atoms with van der Waals surface area (Å²) in [6, 6.07) is 5.78. The SMILES string of the molecule is COC(=O)Nc1ccc2c(c1)NC(=O)[C@H](C)CCC[C@H](NC(=O)OC(C)(C)C)c1cn(COCC[Si](C)(C)C)c-2n1. The maximum absolute atomic E-state index is 13.2. The van der Waals surface area contributed by atoms with Crippen molar-refractivity contribution in [1.29, 1.82) is 0 Å². The number of methoxy groups -OCH3 is 1. The number of alkyl carbamates (subject to hydrolysis) is 1. The number of ether oxygens (including phenoxy) is 3. The van der Waals surface area contributed by atoms with Crippen LogP contribution in [0.1, 0.15) is 58.7 Å². The standard InChI is InChI=1S/C29H45N5O6Si/c1-19-10-9-11-22(33-28(37)40-29(2,3)4)24-17-34(18-39-14-15-41(6,7)8)25(31-24)21-13-12-20(30-27(36)38-5)16-23(21)32-26(19)35/h12-13,16-17,19,22H,9-11,14-15,18H2,1-8H3,(H,30,36)(H,32,35)(H,33,37)/t19-,22+/m1/s1. The molecule has 2 heterocycles. The van der Waals surface area contributed by atoms with E-state index in [4.69, 9.17) is 19.2 Å². The molecule has 0 saturated heterocycles. The van der Waals surface area contributed by atoms with Gasteiger partial charge < -0.3 is 29.4 Å². The number of nitrogens with one attached hydrogen (secondary N) is 3. The Hall–Kier alpha value is -3.38. The van der Waals surface area contributed by atoms with Gasteiger partial charge in [0.1, 0.15) is 18.2 Å². The van der Waals surface area contributed by atoms with Crippen LogP contribution in [0.5, 0.6) is 0 Å². The number of rotatable bonds is 7. The Morgan fingerprint density at radius 2 is 1.90 bits per heavy atom. The summed E-state index contributed by atoms with van der Waals surface area (Å²) in [5.74, 6) is 0.136. The molecule has 0 unspecified atom stereocenters. The molecule has 1 aromatic carbocycles. The first kappa shape index (κ1) is 32.1. The van der Waals surface area contributed by atoms with E-state index in [0.717, 1.165) is 6.04 Å². The van der Waals surface area contributed by atoms with Crippen molar-refractivity contribution in [2.45, 2.75) is 91.0 Å². The molecule has 0 fully saturated rings. The molecule has 2 atom stereocenters. The Morgan fingerprint density at radius 3 is 2.56 bits per heavy atom. The number of fused-ring (bicyclic) bond motifs is 4. The van der Waals surface area contributed by atoms with Crippen LogP contribution >= 0.6 is 0 Å². The lowest BCUT2D eigenvalue weighted by Gasteiger charge is -2.23. The molecule has 11 nitrogen and oxygen atoms in total. The van der Waals surface area contributed by atoms with Gasteiger partial charge in [-0.05, 0) is 57.9 Å². The lowest BCUT2D eigenvalue weighted by molar-refractivity contribution is -0.119. The maximum Gasteiger partial charge on any atom is 0.411 e. The van der Waals surface area contributed by atoms with Crippen LogP contribution in [0.4, 0.5) is 21.0 Å². The second-order valence-corrected chi connectivity index (χ2v) is 18.3. The highest BCUT2D eigenvalue weighted by molar-refractivity contribution is 6.76. The van der Waals surface area contributed by atoms with Gasteiger partial charge in [0, 0.05) is 38.0 Å². The zero-order valence-electron chi connectivity index (χ0n) is 25.6. The molecule has 226 valence electrons. The van der Waals surface area contributed by atoms with Crippen LogP contribution < -0.4 is 16.0 Å². The fourth-order valence-electron chi connectivity index (χ4n) is 4.31. The Bertz CT molecular complexity index is 1230. The summed E-state index contributed by atoms with van der Waals surface area (Å²) in [5, 5.41) is 8.67. The highest BCUT2D eigenvalue weighted by atomic mass is 28.3. The monoisotopic (exact) mass is 587 g/mol. The number of hydrogen-bond acceptors (Lipinski definition) is 7. The number of amides is 3. The number of nitrogens with zero attached hydrogens (tertiary/aromatic N) is 2. The topological polar surface area (TPSA) is 133 Å². The maximum atomic E-state index is 13.2. The van der Waals surface area contributed by atoms with Crippen molar-refractivity contribution in [1.82, 2.24) is 14.9 Å². The molecule has 3 amide bonds. The van der Waals surface area contributed by atoms with Crippen molar-refractivity contribution >= 4 is 37.5 Å². The van der Waals surface area contributed by atoms with Gasteiger partial charge in [-0.25, -0.2) is 14.6 Å². The van der Waals surface area contributed by atoms with Crippen LogP contribution in [0, 0.1) is 5.92 Å². The van der Waals surface area contributed by atoms with Crippen molar-refractivity contribution in [3.05, 3.63) is 30.1 Å². The lowest BCUT2D eigenvalue weighted by atomic mass is 9.99. The van der Waals surface area contributed by atoms with Crippen LogP contribution in [0.25, 0.3) is 11.4 Å². The van der Waals surface area contributed by atoms with Crippen molar-refractivity contribution in [3.8, 4) is 11.4 Å². The molecule has 3 N–H and O–H groups in total. The molecule has 0 radical (unpaired) electrons. The number of imidazole rings is 1. The second-order valence-electron chi connectivity index (χ2n) is 12.7. The van der Waals surface area contributed by atoms with E-state index in [1.165, 1.54) is 7.11 Å². The minimum absolute atomic E-state index is 0.150. The van der Waals surface area contributed by atoms with Gasteiger partial charge in [0.25, 0.3) is 0 Å². The number of benzene rings is 1. The average Bonchev–Trinajstić information content (AvgIpc) is 3.27. The zero-order chi connectivity index (χ0) is 30.4. The Kier molecular flexibility index (Phi) is 10.6. The fourth-order valence-corrected chi connectivity index (χ4v) is 5.06. The third kappa shape index (κ3) is 9.89. The quantitative estimate of drug-likeness (QED) is 0.253. The molecule has 2 aromatic rings. The van der Waals surface area contributed by atoms with E-state index >= 15 is 0 Å². The summed E-state index contributed by atoms with van der Waals surface area (Å²) in [6.45, 7) is 15.1. The Morgan fingerprint density at radius 1 is 1.17 bits per heavy atom. The largest absolute Gasteiger partial charge is 0.453 e. The summed E-state index contributed by atoms with van der Waals surface area (Å²) in [5.41, 5.74) is 1.63. The summed E-state index contributed by atoms with van der Waals surface area (Å²) in [4.78, 5) is 42.8. The smallest absolute Gasteiger partial charge is 0.411 e. The first-order valence-electron chi connectivity index (χ1n) is 14.1. The van der Waals surface area contributed by atoms with Crippen LogP contribution in [-0.4, -0.2) is 55.0 Å². The predicted octanol–water partition coefficient (Wildman–Crippen LogP) is 6.37. The second kappa shape index (κ2) is 13.5. The Labute approximate surface area is 243 Å². The number of anilines is 2. The van der Waals surface area contributed by atoms with Gasteiger partial charge in [-0.15, -0.1) is 0 Å². The van der Waals surface area contributed by atoms with E-state index in [-0.39, 0.29) is 18.6 Å². The van der Waals surface area contributed by atoms with E-state index in [0.29, 0.717) is 54.3 Å². The molecule has 1 aliphatic heterocycles. The number of hydrogen-bond donors (Lipinski definition) is 3. The summed E-state index contributed by atoms with van der Waals surface area (Å²) >= 11 is 0. The van der Waals surface area contributed by atoms with Gasteiger partial charge in [0.15, 0.2) is 0 Å². The van der Waals surface area contributed by atoms with Gasteiger partial charge in [0.05, 0.1) is 24.5 Å². The van der Waals surface area contributed by atoms with E-state index < -0.39 is 31.9 Å². The zero-order valence-corrected chi connectivity index (χ0v) is 26.6. The number of aromatic nitrogens is 2. The molecular weight excluding hydrogens is 542 g/mol. The normalized spacial score (nSPS) is 17.8. The first-order chi connectivity index (χ1) is 19.1. The number of carbonyl (C=O) groups is 3. The molecule has 1 aliphatic rings. The van der Waals surface area contributed by atoms with E-state index in [1.807, 2.05) is 38.5 Å². The Balaban J connectivity index is 2.07. The summed E-state index contributed by atoms with van der Waals surface area (Å²) in [6.07, 6.45) is 2.62. The van der Waals surface area contributed by atoms with E-state index in [1.54, 1.807) is 18.2 Å². The van der Waals surface area contributed by atoms with Crippen LogP contribution in [-0.2, 0) is 25.7 Å². The van der Waals surface area contributed by atoms with Crippen molar-refractivity contribution in [3.63, 3.8) is 0 Å². The van der Waals surface area contributed by atoms with Crippen molar-refractivity contribution in [2.75, 3.05) is 24.4 Å². The molecule has 12 heteroatoms. The van der Waals surface area contributed by atoms with Gasteiger partial charge in [-0.2, -0.15) is 0 Å².